The van der Waals surface area contributed by atoms with Crippen molar-refractivity contribution in [2.45, 2.75) is 18.9 Å². The summed E-state index contributed by atoms with van der Waals surface area (Å²) in [5.74, 6) is 2.99. The van der Waals surface area contributed by atoms with Crippen molar-refractivity contribution < 1.29 is 9.84 Å². The SMILES string of the molecule is OC(CN1CCOCC1)C1CCSCC1. The first-order chi connectivity index (χ1) is 7.36. The monoisotopic (exact) mass is 231 g/mol. The molecule has 0 amide bonds. The fourth-order valence-corrected chi connectivity index (χ4v) is 3.44. The van der Waals surface area contributed by atoms with E-state index in [4.69, 9.17) is 4.74 Å². The highest BCUT2D eigenvalue weighted by Crippen LogP contribution is 2.25. The van der Waals surface area contributed by atoms with E-state index < -0.39 is 0 Å². The van der Waals surface area contributed by atoms with Crippen molar-refractivity contribution in [2.24, 2.45) is 5.92 Å². The van der Waals surface area contributed by atoms with E-state index in [-0.39, 0.29) is 6.10 Å². The molecule has 4 heteroatoms. The first kappa shape index (κ1) is 11.7. The molecule has 0 aromatic heterocycles. The average molecular weight is 231 g/mol. The summed E-state index contributed by atoms with van der Waals surface area (Å²) in [7, 11) is 0. The summed E-state index contributed by atoms with van der Waals surface area (Å²) < 4.78 is 5.30. The molecule has 0 spiro atoms. The van der Waals surface area contributed by atoms with Crippen molar-refractivity contribution in [2.75, 3.05) is 44.4 Å². The molecule has 15 heavy (non-hydrogen) atoms. The Morgan fingerprint density at radius 2 is 1.93 bits per heavy atom. The van der Waals surface area contributed by atoms with Crippen LogP contribution in [0.4, 0.5) is 0 Å². The standard InChI is InChI=1S/C11H21NO2S/c13-11(10-1-7-15-8-2-10)9-12-3-5-14-6-4-12/h10-11,13H,1-9H2. The molecule has 2 heterocycles. The van der Waals surface area contributed by atoms with Crippen LogP contribution in [-0.2, 0) is 4.74 Å². The van der Waals surface area contributed by atoms with Gasteiger partial charge < -0.3 is 9.84 Å². The normalized spacial score (nSPS) is 27.8. The van der Waals surface area contributed by atoms with Crippen molar-refractivity contribution in [1.29, 1.82) is 0 Å². The number of thioether (sulfide) groups is 1. The Morgan fingerprint density at radius 3 is 2.60 bits per heavy atom. The zero-order valence-corrected chi connectivity index (χ0v) is 10.0. The second-order valence-electron chi connectivity index (χ2n) is 4.43. The molecule has 1 N–H and O–H groups in total. The maximum atomic E-state index is 10.1. The Labute approximate surface area is 96.2 Å². The summed E-state index contributed by atoms with van der Waals surface area (Å²) in [6.07, 6.45) is 2.26. The molecule has 88 valence electrons. The van der Waals surface area contributed by atoms with Crippen LogP contribution >= 0.6 is 11.8 Å². The van der Waals surface area contributed by atoms with Gasteiger partial charge >= 0.3 is 0 Å². The van der Waals surface area contributed by atoms with Gasteiger partial charge in [0.05, 0.1) is 19.3 Å². The summed E-state index contributed by atoms with van der Waals surface area (Å²) in [5, 5.41) is 10.1. The third-order valence-corrected chi connectivity index (χ3v) is 4.41. The highest BCUT2D eigenvalue weighted by molar-refractivity contribution is 7.99. The smallest absolute Gasteiger partial charge is 0.0695 e. The zero-order chi connectivity index (χ0) is 10.5. The van der Waals surface area contributed by atoms with E-state index in [1.54, 1.807) is 0 Å². The van der Waals surface area contributed by atoms with Crippen molar-refractivity contribution in [3.05, 3.63) is 0 Å². The van der Waals surface area contributed by atoms with E-state index >= 15 is 0 Å². The van der Waals surface area contributed by atoms with Crippen molar-refractivity contribution in [1.82, 2.24) is 4.90 Å². The van der Waals surface area contributed by atoms with Gasteiger partial charge in [-0.1, -0.05) is 0 Å². The van der Waals surface area contributed by atoms with Gasteiger partial charge in [-0.25, -0.2) is 0 Å². The summed E-state index contributed by atoms with van der Waals surface area (Å²) >= 11 is 2.02. The number of rotatable bonds is 3. The second kappa shape index (κ2) is 6.09. The average Bonchev–Trinajstić information content (AvgIpc) is 2.31. The predicted octanol–water partition coefficient (Wildman–Crippen LogP) is 0.823. The minimum absolute atomic E-state index is 0.121. The van der Waals surface area contributed by atoms with E-state index in [1.807, 2.05) is 11.8 Å². The fraction of sp³-hybridized carbons (Fsp3) is 1.00. The Bertz CT molecular complexity index is 179. The van der Waals surface area contributed by atoms with Crippen molar-refractivity contribution >= 4 is 11.8 Å². The molecule has 1 unspecified atom stereocenters. The topological polar surface area (TPSA) is 32.7 Å². The number of aliphatic hydroxyl groups is 1. The number of hydrogen-bond acceptors (Lipinski definition) is 4. The van der Waals surface area contributed by atoms with Gasteiger partial charge in [0.15, 0.2) is 0 Å². The van der Waals surface area contributed by atoms with Crippen LogP contribution in [-0.4, -0.2) is 60.5 Å². The van der Waals surface area contributed by atoms with Crippen LogP contribution in [0, 0.1) is 5.92 Å². The Hall–Kier alpha value is 0.230. The molecule has 0 aliphatic carbocycles. The zero-order valence-electron chi connectivity index (χ0n) is 9.23. The van der Waals surface area contributed by atoms with Crippen LogP contribution in [0.15, 0.2) is 0 Å². The van der Waals surface area contributed by atoms with Gasteiger partial charge in [0.25, 0.3) is 0 Å². The molecule has 2 rings (SSSR count). The predicted molar refractivity (Wildman–Crippen MR) is 63.3 cm³/mol. The van der Waals surface area contributed by atoms with E-state index in [1.165, 1.54) is 24.3 Å². The molecule has 1 atom stereocenters. The Kier molecular flexibility index (Phi) is 4.75. The molecular weight excluding hydrogens is 210 g/mol. The lowest BCUT2D eigenvalue weighted by Gasteiger charge is -2.33. The highest BCUT2D eigenvalue weighted by atomic mass is 32.2. The number of ether oxygens (including phenoxy) is 1. The number of morpholine rings is 1. The van der Waals surface area contributed by atoms with Gasteiger partial charge in [-0.2, -0.15) is 11.8 Å². The summed E-state index contributed by atoms with van der Waals surface area (Å²) in [6.45, 7) is 4.47. The first-order valence-electron chi connectivity index (χ1n) is 5.92. The van der Waals surface area contributed by atoms with Crippen molar-refractivity contribution in [3.63, 3.8) is 0 Å². The first-order valence-corrected chi connectivity index (χ1v) is 7.07. The minimum atomic E-state index is -0.121. The molecule has 0 aromatic rings. The van der Waals surface area contributed by atoms with E-state index in [2.05, 4.69) is 4.90 Å². The van der Waals surface area contributed by atoms with Gasteiger partial charge in [0.2, 0.25) is 0 Å². The summed E-state index contributed by atoms with van der Waals surface area (Å²) in [4.78, 5) is 2.33. The van der Waals surface area contributed by atoms with Crippen LogP contribution < -0.4 is 0 Å². The van der Waals surface area contributed by atoms with Gasteiger partial charge in [-0.3, -0.25) is 4.90 Å². The van der Waals surface area contributed by atoms with Crippen LogP contribution in [0.5, 0.6) is 0 Å². The van der Waals surface area contributed by atoms with Crippen LogP contribution in [0.2, 0.25) is 0 Å². The van der Waals surface area contributed by atoms with Crippen LogP contribution in [0.1, 0.15) is 12.8 Å². The lowest BCUT2D eigenvalue weighted by Crippen LogP contribution is -2.43. The largest absolute Gasteiger partial charge is 0.392 e. The molecule has 0 saturated carbocycles. The second-order valence-corrected chi connectivity index (χ2v) is 5.65. The lowest BCUT2D eigenvalue weighted by molar-refractivity contribution is -0.000336. The molecule has 2 aliphatic rings. The van der Waals surface area contributed by atoms with Gasteiger partial charge in [-0.15, -0.1) is 0 Å². The molecule has 2 fully saturated rings. The third kappa shape index (κ3) is 3.63. The van der Waals surface area contributed by atoms with Gasteiger partial charge in [-0.05, 0) is 30.3 Å². The van der Waals surface area contributed by atoms with Crippen LogP contribution in [0.25, 0.3) is 0 Å². The van der Waals surface area contributed by atoms with E-state index in [0.717, 1.165) is 32.8 Å². The van der Waals surface area contributed by atoms with Gasteiger partial charge in [0.1, 0.15) is 0 Å². The fourth-order valence-electron chi connectivity index (χ4n) is 2.30. The molecule has 0 aromatic carbocycles. The molecule has 2 aliphatic heterocycles. The number of β-amino-alcohol motifs (C(OH)–C–C–N with tert-alkyl or cyclic N) is 1. The Balaban J connectivity index is 1.72. The lowest BCUT2D eigenvalue weighted by atomic mass is 9.95. The quantitative estimate of drug-likeness (QED) is 0.779. The third-order valence-electron chi connectivity index (χ3n) is 3.36. The summed E-state index contributed by atoms with van der Waals surface area (Å²) in [6, 6.07) is 0. The van der Waals surface area contributed by atoms with E-state index in [9.17, 15) is 5.11 Å². The maximum absolute atomic E-state index is 10.1. The molecule has 0 bridgehead atoms. The number of nitrogens with zero attached hydrogens (tertiary/aromatic N) is 1. The van der Waals surface area contributed by atoms with E-state index in [0.29, 0.717) is 5.92 Å². The maximum Gasteiger partial charge on any atom is 0.0695 e. The van der Waals surface area contributed by atoms with Crippen molar-refractivity contribution in [3.8, 4) is 0 Å². The summed E-state index contributed by atoms with van der Waals surface area (Å²) in [5.41, 5.74) is 0. The molecule has 3 nitrogen and oxygen atoms in total. The molecule has 2 saturated heterocycles. The molecular formula is C11H21NO2S. The highest BCUT2D eigenvalue weighted by Gasteiger charge is 2.24. The van der Waals surface area contributed by atoms with Gasteiger partial charge in [0, 0.05) is 19.6 Å². The van der Waals surface area contributed by atoms with Crippen LogP contribution in [0.3, 0.4) is 0 Å². The Morgan fingerprint density at radius 1 is 1.27 bits per heavy atom. The minimum Gasteiger partial charge on any atom is -0.392 e. The number of aliphatic hydroxyl groups excluding tert-OH is 1. The molecule has 0 radical (unpaired) electrons. The number of hydrogen-bond donors (Lipinski definition) is 1.